The monoisotopic (exact) mass is 309 g/mol. The second-order valence-electron chi connectivity index (χ2n) is 4.83. The average Bonchev–Trinajstić information content (AvgIpc) is 3.17. The molecule has 0 unspecified atom stereocenters. The number of hydrogen-bond donors (Lipinski definition) is 1. The van der Waals surface area contributed by atoms with Crippen LogP contribution in [0.5, 0.6) is 0 Å². The van der Waals surface area contributed by atoms with E-state index < -0.39 is 0 Å². The van der Waals surface area contributed by atoms with Crippen LogP contribution < -0.4 is 5.32 Å². The van der Waals surface area contributed by atoms with Gasteiger partial charge < -0.3 is 5.32 Å². The number of rotatable bonds is 7. The molecule has 1 aliphatic rings. The number of benzene rings is 1. The van der Waals surface area contributed by atoms with E-state index in [0.717, 1.165) is 35.1 Å². The van der Waals surface area contributed by atoms with E-state index in [1.807, 2.05) is 28.9 Å². The van der Waals surface area contributed by atoms with Gasteiger partial charge in [-0.1, -0.05) is 35.5 Å². The molecule has 0 aliphatic heterocycles. The maximum Gasteiger partial charge on any atom is 0.209 e. The molecule has 106 valence electrons. The van der Waals surface area contributed by atoms with Crippen molar-refractivity contribution in [1.29, 1.82) is 0 Å². The average molecular weight is 310 g/mol. The van der Waals surface area contributed by atoms with Crippen LogP contribution in [0.1, 0.15) is 18.4 Å². The van der Waals surface area contributed by atoms with E-state index in [4.69, 9.17) is 11.6 Å². The van der Waals surface area contributed by atoms with Crippen LogP contribution in [0.3, 0.4) is 0 Å². The highest BCUT2D eigenvalue weighted by Crippen LogP contribution is 2.21. The Bertz CT molecular complexity index is 552. The Morgan fingerprint density at radius 3 is 2.85 bits per heavy atom. The summed E-state index contributed by atoms with van der Waals surface area (Å²) in [5.74, 6) is 0.841. The van der Waals surface area contributed by atoms with Crippen LogP contribution in [-0.2, 0) is 12.3 Å². The Morgan fingerprint density at radius 2 is 2.10 bits per heavy atom. The van der Waals surface area contributed by atoms with Gasteiger partial charge in [-0.15, -0.1) is 5.10 Å². The first kappa shape index (κ1) is 13.9. The van der Waals surface area contributed by atoms with Crippen molar-refractivity contribution in [3.8, 4) is 0 Å². The molecule has 2 aromatic rings. The topological polar surface area (TPSA) is 55.6 Å². The molecule has 20 heavy (non-hydrogen) atoms. The van der Waals surface area contributed by atoms with Crippen molar-refractivity contribution < 1.29 is 0 Å². The third-order valence-corrected chi connectivity index (χ3v) is 4.39. The Kier molecular flexibility index (Phi) is 4.54. The zero-order valence-corrected chi connectivity index (χ0v) is 12.6. The molecule has 0 saturated heterocycles. The van der Waals surface area contributed by atoms with Crippen molar-refractivity contribution >= 4 is 23.4 Å². The Morgan fingerprint density at radius 1 is 1.30 bits per heavy atom. The molecule has 0 amide bonds. The molecule has 7 heteroatoms. The summed E-state index contributed by atoms with van der Waals surface area (Å²) in [5.41, 5.74) is 1.21. The lowest BCUT2D eigenvalue weighted by molar-refractivity contribution is 0.509. The first-order chi connectivity index (χ1) is 9.81. The standard InChI is InChI=1S/C13H16ClN5S/c14-11-3-1-10(2-4-11)9-20-13-16-17-18-19(13)8-7-15-12-5-6-12/h1-4,12,15H,5-9H2. The summed E-state index contributed by atoms with van der Waals surface area (Å²) >= 11 is 7.52. The predicted molar refractivity (Wildman–Crippen MR) is 79.9 cm³/mol. The third-order valence-electron chi connectivity index (χ3n) is 3.11. The van der Waals surface area contributed by atoms with Gasteiger partial charge in [-0.05, 0) is 41.0 Å². The SMILES string of the molecule is Clc1ccc(CSc2nnnn2CCNC2CC2)cc1. The van der Waals surface area contributed by atoms with E-state index in [2.05, 4.69) is 20.8 Å². The molecular formula is C13H16ClN5S. The zero-order chi connectivity index (χ0) is 13.8. The third kappa shape index (κ3) is 3.94. The van der Waals surface area contributed by atoms with E-state index in [-0.39, 0.29) is 0 Å². The number of nitrogens with zero attached hydrogens (tertiary/aromatic N) is 4. The second-order valence-corrected chi connectivity index (χ2v) is 6.21. The lowest BCUT2D eigenvalue weighted by Gasteiger charge is -2.05. The number of thioether (sulfide) groups is 1. The molecule has 1 aliphatic carbocycles. The maximum atomic E-state index is 5.87. The van der Waals surface area contributed by atoms with Crippen molar-refractivity contribution in [3.63, 3.8) is 0 Å². The van der Waals surface area contributed by atoms with Crippen LogP contribution in [0.15, 0.2) is 29.4 Å². The molecule has 3 rings (SSSR count). The van der Waals surface area contributed by atoms with Gasteiger partial charge in [0.1, 0.15) is 0 Å². The molecule has 0 radical (unpaired) electrons. The van der Waals surface area contributed by atoms with Crippen molar-refractivity contribution in [2.45, 2.75) is 36.3 Å². The van der Waals surface area contributed by atoms with Gasteiger partial charge in [0.2, 0.25) is 5.16 Å². The van der Waals surface area contributed by atoms with Gasteiger partial charge in [-0.25, -0.2) is 4.68 Å². The van der Waals surface area contributed by atoms with Gasteiger partial charge >= 0.3 is 0 Å². The van der Waals surface area contributed by atoms with Gasteiger partial charge in [-0.2, -0.15) is 0 Å². The van der Waals surface area contributed by atoms with E-state index >= 15 is 0 Å². The van der Waals surface area contributed by atoms with Gasteiger partial charge in [0.15, 0.2) is 0 Å². The van der Waals surface area contributed by atoms with E-state index in [1.165, 1.54) is 18.4 Å². The highest BCUT2D eigenvalue weighted by Gasteiger charge is 2.20. The Hall–Kier alpha value is -1.11. The Labute approximate surface area is 127 Å². The molecule has 1 aromatic carbocycles. The van der Waals surface area contributed by atoms with E-state index in [9.17, 15) is 0 Å². The molecule has 0 bridgehead atoms. The van der Waals surface area contributed by atoms with Crippen LogP contribution in [0.4, 0.5) is 0 Å². The summed E-state index contributed by atoms with van der Waals surface area (Å²) in [4.78, 5) is 0. The highest BCUT2D eigenvalue weighted by atomic mass is 35.5. The summed E-state index contributed by atoms with van der Waals surface area (Å²) in [6.07, 6.45) is 2.60. The number of halogens is 1. The van der Waals surface area contributed by atoms with Crippen LogP contribution in [0.25, 0.3) is 0 Å². The van der Waals surface area contributed by atoms with Crippen molar-refractivity contribution in [1.82, 2.24) is 25.5 Å². The van der Waals surface area contributed by atoms with Crippen LogP contribution in [0.2, 0.25) is 5.02 Å². The molecule has 0 atom stereocenters. The zero-order valence-electron chi connectivity index (χ0n) is 11.0. The van der Waals surface area contributed by atoms with Gasteiger partial charge in [0.25, 0.3) is 0 Å². The predicted octanol–water partition coefficient (Wildman–Crippen LogP) is 2.37. The minimum absolute atomic E-state index is 0.719. The smallest absolute Gasteiger partial charge is 0.209 e. The normalized spacial score (nSPS) is 14.7. The molecule has 1 aromatic heterocycles. The number of nitrogens with one attached hydrogen (secondary N) is 1. The van der Waals surface area contributed by atoms with Crippen molar-refractivity contribution in [3.05, 3.63) is 34.9 Å². The van der Waals surface area contributed by atoms with E-state index in [1.54, 1.807) is 11.8 Å². The number of hydrogen-bond acceptors (Lipinski definition) is 5. The van der Waals surface area contributed by atoms with Crippen LogP contribution in [-0.4, -0.2) is 32.8 Å². The fraction of sp³-hybridized carbons (Fsp3) is 0.462. The summed E-state index contributed by atoms with van der Waals surface area (Å²) < 4.78 is 1.86. The summed E-state index contributed by atoms with van der Waals surface area (Å²) in [7, 11) is 0. The lowest BCUT2D eigenvalue weighted by atomic mass is 10.2. The number of aromatic nitrogens is 4. The maximum absolute atomic E-state index is 5.87. The van der Waals surface area contributed by atoms with Gasteiger partial charge in [-0.3, -0.25) is 0 Å². The largest absolute Gasteiger partial charge is 0.312 e. The minimum atomic E-state index is 0.719. The van der Waals surface area contributed by atoms with Gasteiger partial charge in [0, 0.05) is 23.4 Å². The molecule has 1 heterocycles. The number of tetrazole rings is 1. The van der Waals surface area contributed by atoms with E-state index in [0.29, 0.717) is 0 Å². The van der Waals surface area contributed by atoms with Crippen LogP contribution >= 0.6 is 23.4 Å². The van der Waals surface area contributed by atoms with Gasteiger partial charge in [0.05, 0.1) is 6.54 Å². The summed E-state index contributed by atoms with van der Waals surface area (Å²) in [5, 5.41) is 16.9. The summed E-state index contributed by atoms with van der Waals surface area (Å²) in [6, 6.07) is 8.58. The molecule has 1 fully saturated rings. The second kappa shape index (κ2) is 6.56. The molecule has 5 nitrogen and oxygen atoms in total. The fourth-order valence-corrected chi connectivity index (χ4v) is 2.82. The quantitative estimate of drug-likeness (QED) is 0.796. The minimum Gasteiger partial charge on any atom is -0.312 e. The fourth-order valence-electron chi connectivity index (χ4n) is 1.83. The molecule has 1 N–H and O–H groups in total. The Balaban J connectivity index is 1.51. The summed E-state index contributed by atoms with van der Waals surface area (Å²) in [6.45, 7) is 1.73. The first-order valence-corrected chi connectivity index (χ1v) is 8.04. The molecular weight excluding hydrogens is 294 g/mol. The van der Waals surface area contributed by atoms with Crippen LogP contribution in [0, 0.1) is 0 Å². The first-order valence-electron chi connectivity index (χ1n) is 6.68. The highest BCUT2D eigenvalue weighted by molar-refractivity contribution is 7.98. The van der Waals surface area contributed by atoms with Crippen molar-refractivity contribution in [2.24, 2.45) is 0 Å². The molecule has 1 saturated carbocycles. The molecule has 0 spiro atoms. The van der Waals surface area contributed by atoms with Crippen molar-refractivity contribution in [2.75, 3.05) is 6.54 Å². The lowest BCUT2D eigenvalue weighted by Crippen LogP contribution is -2.22.